The fourth-order valence-electron chi connectivity index (χ4n) is 2.61. The van der Waals surface area contributed by atoms with Crippen LogP contribution in [0.1, 0.15) is 11.6 Å². The highest BCUT2D eigenvalue weighted by Crippen LogP contribution is 2.22. The Hall–Kier alpha value is -1.43. The first kappa shape index (κ1) is 11.6. The molecule has 0 bridgehead atoms. The lowest BCUT2D eigenvalue weighted by Gasteiger charge is -2.37. The summed E-state index contributed by atoms with van der Waals surface area (Å²) in [6.07, 6.45) is 1.72. The van der Waals surface area contributed by atoms with Crippen molar-refractivity contribution >= 4 is 11.0 Å². The van der Waals surface area contributed by atoms with Crippen molar-refractivity contribution in [2.75, 3.05) is 26.7 Å². The van der Waals surface area contributed by atoms with Crippen molar-refractivity contribution in [2.45, 2.75) is 12.1 Å². The van der Waals surface area contributed by atoms with E-state index in [1.807, 2.05) is 6.07 Å². The van der Waals surface area contributed by atoms with Gasteiger partial charge in [0.25, 0.3) is 0 Å². The maximum Gasteiger partial charge on any atom is 0.0931 e. The number of likely N-dealkylation sites (N-methyl/N-ethyl adjacent to an activating group) is 1. The molecule has 18 heavy (non-hydrogen) atoms. The molecule has 1 aliphatic rings. The number of imidazole rings is 1. The van der Waals surface area contributed by atoms with Gasteiger partial charge in [0.05, 0.1) is 17.4 Å². The van der Waals surface area contributed by atoms with Crippen LogP contribution in [0.15, 0.2) is 24.5 Å². The van der Waals surface area contributed by atoms with Crippen LogP contribution < -0.4 is 11.1 Å². The minimum Gasteiger partial charge on any atom is -0.345 e. The summed E-state index contributed by atoms with van der Waals surface area (Å²) in [5, 5.41) is 3.41. The number of benzene rings is 1. The van der Waals surface area contributed by atoms with Gasteiger partial charge in [-0.15, -0.1) is 0 Å². The standard InChI is InChI=1S/C13H19N5/c1-18-5-4-15-7-12(18)13(14)9-2-3-10-11(6-9)17-8-16-10/h2-3,6,8,12-13,15H,4-5,7,14H2,1H3,(H,16,17). The van der Waals surface area contributed by atoms with E-state index in [2.05, 4.69) is 39.4 Å². The number of aromatic nitrogens is 2. The van der Waals surface area contributed by atoms with E-state index < -0.39 is 0 Å². The van der Waals surface area contributed by atoms with Crippen molar-refractivity contribution in [1.82, 2.24) is 20.2 Å². The van der Waals surface area contributed by atoms with E-state index in [-0.39, 0.29) is 6.04 Å². The lowest BCUT2D eigenvalue weighted by molar-refractivity contribution is 0.174. The van der Waals surface area contributed by atoms with Gasteiger partial charge in [-0.1, -0.05) is 6.07 Å². The molecule has 0 aliphatic carbocycles. The maximum atomic E-state index is 6.40. The number of nitrogens with two attached hydrogens (primary N) is 1. The first-order chi connectivity index (χ1) is 8.75. The van der Waals surface area contributed by atoms with E-state index in [4.69, 9.17) is 5.73 Å². The van der Waals surface area contributed by atoms with Crippen LogP contribution >= 0.6 is 0 Å². The highest BCUT2D eigenvalue weighted by molar-refractivity contribution is 5.75. The molecule has 5 heteroatoms. The summed E-state index contributed by atoms with van der Waals surface area (Å²) in [6, 6.07) is 6.58. The topological polar surface area (TPSA) is 70.0 Å². The van der Waals surface area contributed by atoms with Gasteiger partial charge in [0, 0.05) is 31.7 Å². The lowest BCUT2D eigenvalue weighted by atomic mass is 9.97. The van der Waals surface area contributed by atoms with Crippen LogP contribution in [0.2, 0.25) is 0 Å². The number of aromatic amines is 1. The lowest BCUT2D eigenvalue weighted by Crippen LogP contribution is -2.53. The van der Waals surface area contributed by atoms with E-state index in [9.17, 15) is 0 Å². The molecule has 2 heterocycles. The molecule has 1 saturated heterocycles. The largest absolute Gasteiger partial charge is 0.345 e. The summed E-state index contributed by atoms with van der Waals surface area (Å²) in [7, 11) is 2.14. The van der Waals surface area contributed by atoms with Crippen LogP contribution in [0.3, 0.4) is 0 Å². The zero-order chi connectivity index (χ0) is 12.5. The molecule has 5 nitrogen and oxygen atoms in total. The monoisotopic (exact) mass is 245 g/mol. The Balaban J connectivity index is 1.87. The van der Waals surface area contributed by atoms with Gasteiger partial charge in [-0.25, -0.2) is 4.98 Å². The van der Waals surface area contributed by atoms with Crippen molar-refractivity contribution in [2.24, 2.45) is 5.73 Å². The fraction of sp³-hybridized carbons (Fsp3) is 0.462. The third kappa shape index (κ3) is 2.01. The van der Waals surface area contributed by atoms with Gasteiger partial charge in [0.15, 0.2) is 0 Å². The van der Waals surface area contributed by atoms with Crippen molar-refractivity contribution in [3.05, 3.63) is 30.1 Å². The molecule has 1 aliphatic heterocycles. The second-order valence-electron chi connectivity index (χ2n) is 4.96. The average molecular weight is 245 g/mol. The highest BCUT2D eigenvalue weighted by Gasteiger charge is 2.26. The number of H-pyrrole nitrogens is 1. The number of piperazine rings is 1. The number of fused-ring (bicyclic) bond motifs is 1. The predicted molar refractivity (Wildman–Crippen MR) is 72.3 cm³/mol. The predicted octanol–water partition coefficient (Wildman–Crippen LogP) is 0.466. The SMILES string of the molecule is CN1CCNCC1C(N)c1ccc2nc[nH]c2c1. The van der Waals surface area contributed by atoms with Crippen molar-refractivity contribution in [3.8, 4) is 0 Å². The molecule has 4 N–H and O–H groups in total. The van der Waals surface area contributed by atoms with E-state index >= 15 is 0 Å². The molecule has 2 unspecified atom stereocenters. The van der Waals surface area contributed by atoms with E-state index in [1.165, 1.54) is 0 Å². The number of nitrogens with zero attached hydrogens (tertiary/aromatic N) is 2. The molecule has 0 spiro atoms. The summed E-state index contributed by atoms with van der Waals surface area (Å²) in [5.74, 6) is 0. The van der Waals surface area contributed by atoms with Crippen LogP contribution in [-0.4, -0.2) is 47.6 Å². The molecular weight excluding hydrogens is 226 g/mol. The second kappa shape index (κ2) is 4.68. The third-order valence-electron chi connectivity index (χ3n) is 3.80. The fourth-order valence-corrected chi connectivity index (χ4v) is 2.61. The molecule has 2 atom stereocenters. The number of rotatable bonds is 2. The highest BCUT2D eigenvalue weighted by atomic mass is 15.2. The third-order valence-corrected chi connectivity index (χ3v) is 3.80. The van der Waals surface area contributed by atoms with E-state index in [0.29, 0.717) is 6.04 Å². The summed E-state index contributed by atoms with van der Waals surface area (Å²) < 4.78 is 0. The molecule has 0 amide bonds. The van der Waals surface area contributed by atoms with Gasteiger partial charge < -0.3 is 16.0 Å². The molecule has 2 aromatic rings. The van der Waals surface area contributed by atoms with E-state index in [0.717, 1.165) is 36.2 Å². The van der Waals surface area contributed by atoms with Gasteiger partial charge >= 0.3 is 0 Å². The summed E-state index contributed by atoms with van der Waals surface area (Å²) in [6.45, 7) is 3.03. The second-order valence-corrected chi connectivity index (χ2v) is 4.96. The maximum absolute atomic E-state index is 6.40. The number of hydrogen-bond acceptors (Lipinski definition) is 4. The smallest absolute Gasteiger partial charge is 0.0931 e. The summed E-state index contributed by atoms with van der Waals surface area (Å²) >= 11 is 0. The zero-order valence-electron chi connectivity index (χ0n) is 10.6. The Kier molecular flexibility index (Phi) is 3.03. The molecule has 0 saturated carbocycles. The Morgan fingerprint density at radius 1 is 1.50 bits per heavy atom. The van der Waals surface area contributed by atoms with Crippen molar-refractivity contribution in [3.63, 3.8) is 0 Å². The van der Waals surface area contributed by atoms with Crippen LogP contribution in [0.5, 0.6) is 0 Å². The normalized spacial score (nSPS) is 23.3. The summed E-state index contributed by atoms with van der Waals surface area (Å²) in [5.41, 5.74) is 9.60. The van der Waals surface area contributed by atoms with Gasteiger partial charge in [-0.05, 0) is 24.7 Å². The first-order valence-electron chi connectivity index (χ1n) is 6.35. The van der Waals surface area contributed by atoms with Crippen LogP contribution in [0.25, 0.3) is 11.0 Å². The minimum atomic E-state index is 0.0236. The van der Waals surface area contributed by atoms with E-state index in [1.54, 1.807) is 6.33 Å². The Morgan fingerprint density at radius 2 is 2.39 bits per heavy atom. The van der Waals surface area contributed by atoms with Crippen LogP contribution in [-0.2, 0) is 0 Å². The van der Waals surface area contributed by atoms with Crippen LogP contribution in [0, 0.1) is 0 Å². The first-order valence-corrected chi connectivity index (χ1v) is 6.35. The van der Waals surface area contributed by atoms with Gasteiger partial charge in [-0.2, -0.15) is 0 Å². The zero-order valence-corrected chi connectivity index (χ0v) is 10.6. The average Bonchev–Trinajstić information content (AvgIpc) is 2.85. The Labute approximate surface area is 106 Å². The Bertz CT molecular complexity index is 535. The van der Waals surface area contributed by atoms with Gasteiger partial charge in [-0.3, -0.25) is 4.90 Å². The molecule has 1 aromatic carbocycles. The molecular formula is C13H19N5. The van der Waals surface area contributed by atoms with Crippen molar-refractivity contribution in [1.29, 1.82) is 0 Å². The van der Waals surface area contributed by atoms with Gasteiger partial charge in [0.2, 0.25) is 0 Å². The van der Waals surface area contributed by atoms with Gasteiger partial charge in [0.1, 0.15) is 0 Å². The summed E-state index contributed by atoms with van der Waals surface area (Å²) in [4.78, 5) is 9.69. The Morgan fingerprint density at radius 3 is 3.22 bits per heavy atom. The molecule has 96 valence electrons. The number of nitrogens with one attached hydrogen (secondary N) is 2. The molecule has 1 aromatic heterocycles. The minimum absolute atomic E-state index is 0.0236. The molecule has 1 fully saturated rings. The molecule has 3 rings (SSSR count). The number of hydrogen-bond donors (Lipinski definition) is 3. The van der Waals surface area contributed by atoms with Crippen molar-refractivity contribution < 1.29 is 0 Å². The molecule has 0 radical (unpaired) electrons. The quantitative estimate of drug-likeness (QED) is 0.719. The van der Waals surface area contributed by atoms with Crippen LogP contribution in [0.4, 0.5) is 0 Å².